The molecule has 0 spiro atoms. The van der Waals surface area contributed by atoms with Crippen molar-refractivity contribution in [2.75, 3.05) is 66.1 Å². The van der Waals surface area contributed by atoms with E-state index in [4.69, 9.17) is 4.74 Å². The molecule has 0 unspecified atom stereocenters. The maximum atomic E-state index is 13.1. The number of piperazine rings is 1. The molecule has 0 aromatic heterocycles. The van der Waals surface area contributed by atoms with Gasteiger partial charge in [0.25, 0.3) is 0 Å². The number of likely N-dealkylation sites (N-methyl/N-ethyl adjacent to an activating group) is 1. The Hall–Kier alpha value is -0.690. The van der Waals surface area contributed by atoms with E-state index in [9.17, 15) is 9.90 Å². The summed E-state index contributed by atoms with van der Waals surface area (Å²) in [5.41, 5.74) is 0. The molecular formula is C19H35N3O3. The van der Waals surface area contributed by atoms with Gasteiger partial charge in [-0.1, -0.05) is 13.3 Å². The van der Waals surface area contributed by atoms with Crippen LogP contribution in [0, 0.1) is 17.8 Å². The Labute approximate surface area is 152 Å². The molecule has 3 saturated heterocycles. The highest BCUT2D eigenvalue weighted by Crippen LogP contribution is 2.35. The normalized spacial score (nSPS) is 33.1. The molecule has 1 N–H and O–H groups in total. The molecule has 0 bridgehead atoms. The first-order valence-corrected chi connectivity index (χ1v) is 10.0. The van der Waals surface area contributed by atoms with E-state index in [0.717, 1.165) is 58.5 Å². The lowest BCUT2D eigenvalue weighted by molar-refractivity contribution is -0.140. The molecule has 3 heterocycles. The third-order valence-corrected chi connectivity index (χ3v) is 6.56. The number of carbonyl (C=O) groups excluding carboxylic acids is 1. The van der Waals surface area contributed by atoms with Crippen molar-refractivity contribution in [2.24, 2.45) is 17.8 Å². The summed E-state index contributed by atoms with van der Waals surface area (Å²) in [5.74, 6) is 1.23. The summed E-state index contributed by atoms with van der Waals surface area (Å²) in [6.45, 7) is 9.92. The van der Waals surface area contributed by atoms with Gasteiger partial charge >= 0.3 is 0 Å². The fraction of sp³-hybridized carbons (Fsp3) is 0.947. The van der Waals surface area contributed by atoms with E-state index < -0.39 is 0 Å². The minimum atomic E-state index is -0.0139. The van der Waals surface area contributed by atoms with Crippen LogP contribution in [0.1, 0.15) is 26.2 Å². The quantitative estimate of drug-likeness (QED) is 0.780. The van der Waals surface area contributed by atoms with Gasteiger partial charge in [0, 0.05) is 58.4 Å². The Morgan fingerprint density at radius 3 is 2.44 bits per heavy atom. The van der Waals surface area contributed by atoms with Gasteiger partial charge in [-0.3, -0.25) is 4.79 Å². The van der Waals surface area contributed by atoms with Crippen LogP contribution in [0.4, 0.5) is 0 Å². The number of likely N-dealkylation sites (tertiary alicyclic amines) is 1. The topological polar surface area (TPSA) is 56.3 Å². The molecule has 0 saturated carbocycles. The molecule has 0 aromatic rings. The van der Waals surface area contributed by atoms with Crippen molar-refractivity contribution >= 4 is 5.91 Å². The van der Waals surface area contributed by atoms with Gasteiger partial charge in [0.05, 0.1) is 12.6 Å². The Morgan fingerprint density at radius 1 is 1.16 bits per heavy atom. The molecule has 3 aliphatic rings. The third kappa shape index (κ3) is 4.35. The molecule has 3 rings (SSSR count). The standard InChI is InChI=1S/C19H35N3O3/c1-3-15-12-22(19(24)16-4-10-25-11-5-16)18(14-23)17(15)13-21-8-6-20(2)7-9-21/h15-18,23H,3-14H2,1-2H3/t15-,17-,18-/m1/s1. The summed E-state index contributed by atoms with van der Waals surface area (Å²) in [6, 6.07) is -0.0139. The number of nitrogens with zero attached hydrogens (tertiary/aromatic N) is 3. The molecular weight excluding hydrogens is 318 g/mol. The lowest BCUT2D eigenvalue weighted by Crippen LogP contribution is -2.50. The van der Waals surface area contributed by atoms with Crippen molar-refractivity contribution in [3.63, 3.8) is 0 Å². The summed E-state index contributed by atoms with van der Waals surface area (Å²) in [6.07, 6.45) is 2.73. The minimum Gasteiger partial charge on any atom is -0.394 e. The predicted octanol–water partition coefficient (Wildman–Crippen LogP) is 0.506. The van der Waals surface area contributed by atoms with Crippen LogP contribution in [0.5, 0.6) is 0 Å². The zero-order chi connectivity index (χ0) is 17.8. The fourth-order valence-corrected chi connectivity index (χ4v) is 4.77. The number of hydrogen-bond acceptors (Lipinski definition) is 5. The number of aliphatic hydroxyl groups is 1. The van der Waals surface area contributed by atoms with E-state index in [1.54, 1.807) is 0 Å². The van der Waals surface area contributed by atoms with Crippen molar-refractivity contribution in [3.8, 4) is 0 Å². The average Bonchev–Trinajstić information content (AvgIpc) is 3.01. The van der Waals surface area contributed by atoms with Crippen molar-refractivity contribution in [3.05, 3.63) is 0 Å². The largest absolute Gasteiger partial charge is 0.394 e. The molecule has 0 radical (unpaired) electrons. The number of amides is 1. The molecule has 3 aliphatic heterocycles. The molecule has 6 heteroatoms. The Morgan fingerprint density at radius 2 is 1.84 bits per heavy atom. The summed E-state index contributed by atoms with van der Waals surface area (Å²) < 4.78 is 5.41. The van der Waals surface area contributed by atoms with Crippen LogP contribution >= 0.6 is 0 Å². The number of rotatable bonds is 5. The van der Waals surface area contributed by atoms with E-state index in [0.29, 0.717) is 25.0 Å². The van der Waals surface area contributed by atoms with E-state index in [2.05, 4.69) is 23.8 Å². The number of hydrogen-bond donors (Lipinski definition) is 1. The highest BCUT2D eigenvalue weighted by Gasteiger charge is 2.44. The molecule has 6 nitrogen and oxygen atoms in total. The lowest BCUT2D eigenvalue weighted by Gasteiger charge is -2.37. The van der Waals surface area contributed by atoms with Crippen LogP contribution < -0.4 is 0 Å². The van der Waals surface area contributed by atoms with Crippen LogP contribution in [-0.4, -0.2) is 97.9 Å². The number of ether oxygens (including phenoxy) is 1. The number of aliphatic hydroxyl groups excluding tert-OH is 1. The molecule has 0 aromatic carbocycles. The van der Waals surface area contributed by atoms with Gasteiger partial charge in [-0.15, -0.1) is 0 Å². The highest BCUT2D eigenvalue weighted by molar-refractivity contribution is 5.79. The fourth-order valence-electron chi connectivity index (χ4n) is 4.77. The average molecular weight is 354 g/mol. The van der Waals surface area contributed by atoms with Gasteiger partial charge in [-0.2, -0.15) is 0 Å². The van der Waals surface area contributed by atoms with E-state index in [1.807, 2.05) is 4.90 Å². The molecule has 3 fully saturated rings. The van der Waals surface area contributed by atoms with Gasteiger partial charge in [-0.05, 0) is 31.7 Å². The van der Waals surface area contributed by atoms with Gasteiger partial charge in [0.15, 0.2) is 0 Å². The Balaban J connectivity index is 1.66. The second-order valence-electron chi connectivity index (χ2n) is 8.06. The van der Waals surface area contributed by atoms with Gasteiger partial charge in [-0.25, -0.2) is 0 Å². The third-order valence-electron chi connectivity index (χ3n) is 6.56. The molecule has 1 amide bonds. The zero-order valence-corrected chi connectivity index (χ0v) is 15.9. The molecule has 0 aliphatic carbocycles. The highest BCUT2D eigenvalue weighted by atomic mass is 16.5. The minimum absolute atomic E-state index is 0.0139. The smallest absolute Gasteiger partial charge is 0.226 e. The summed E-state index contributed by atoms with van der Waals surface area (Å²) in [5, 5.41) is 10.1. The van der Waals surface area contributed by atoms with E-state index >= 15 is 0 Å². The van der Waals surface area contributed by atoms with Crippen molar-refractivity contribution in [2.45, 2.75) is 32.2 Å². The van der Waals surface area contributed by atoms with Crippen LogP contribution in [-0.2, 0) is 9.53 Å². The SMILES string of the molecule is CC[C@@H]1CN(C(=O)C2CCOCC2)[C@H](CO)[C@@H]1CN1CCN(C)CC1. The monoisotopic (exact) mass is 353 g/mol. The second kappa shape index (κ2) is 8.80. The Bertz CT molecular complexity index is 434. The Kier molecular flexibility index (Phi) is 6.72. The first-order valence-electron chi connectivity index (χ1n) is 10.0. The molecule has 25 heavy (non-hydrogen) atoms. The zero-order valence-electron chi connectivity index (χ0n) is 15.9. The first kappa shape index (κ1) is 19.1. The van der Waals surface area contributed by atoms with E-state index in [1.165, 1.54) is 0 Å². The van der Waals surface area contributed by atoms with Crippen LogP contribution in [0.25, 0.3) is 0 Å². The molecule has 3 atom stereocenters. The van der Waals surface area contributed by atoms with Gasteiger partial charge in [0.2, 0.25) is 5.91 Å². The van der Waals surface area contributed by atoms with Gasteiger partial charge < -0.3 is 24.5 Å². The lowest BCUT2D eigenvalue weighted by atomic mass is 9.88. The summed E-state index contributed by atoms with van der Waals surface area (Å²) in [7, 11) is 2.17. The molecule has 144 valence electrons. The maximum absolute atomic E-state index is 13.1. The maximum Gasteiger partial charge on any atom is 0.226 e. The first-order chi connectivity index (χ1) is 12.1. The summed E-state index contributed by atoms with van der Waals surface area (Å²) in [4.78, 5) is 20.0. The van der Waals surface area contributed by atoms with E-state index in [-0.39, 0.29) is 24.5 Å². The van der Waals surface area contributed by atoms with Crippen molar-refractivity contribution in [1.82, 2.24) is 14.7 Å². The van der Waals surface area contributed by atoms with Crippen LogP contribution in [0.15, 0.2) is 0 Å². The second-order valence-corrected chi connectivity index (χ2v) is 8.06. The van der Waals surface area contributed by atoms with Crippen LogP contribution in [0.3, 0.4) is 0 Å². The van der Waals surface area contributed by atoms with Gasteiger partial charge in [0.1, 0.15) is 0 Å². The van der Waals surface area contributed by atoms with Crippen LogP contribution in [0.2, 0.25) is 0 Å². The summed E-state index contributed by atoms with van der Waals surface area (Å²) >= 11 is 0. The predicted molar refractivity (Wildman–Crippen MR) is 97.3 cm³/mol. The van der Waals surface area contributed by atoms with Crippen molar-refractivity contribution < 1.29 is 14.6 Å². The van der Waals surface area contributed by atoms with Crippen molar-refractivity contribution in [1.29, 1.82) is 0 Å². The number of carbonyl (C=O) groups is 1.